The minimum atomic E-state index is -3.86. The van der Waals surface area contributed by atoms with Crippen molar-refractivity contribution in [3.05, 3.63) is 41.5 Å². The van der Waals surface area contributed by atoms with E-state index in [0.717, 1.165) is 31.2 Å². The van der Waals surface area contributed by atoms with E-state index in [1.165, 1.54) is 4.31 Å². The fraction of sp³-hybridized carbons (Fsp3) is 0.600. The zero-order valence-electron chi connectivity index (χ0n) is 17.3. The molecule has 2 aliphatic heterocycles. The van der Waals surface area contributed by atoms with Gasteiger partial charge in [-0.05, 0) is 49.9 Å². The zero-order valence-corrected chi connectivity index (χ0v) is 18.1. The van der Waals surface area contributed by atoms with E-state index in [0.29, 0.717) is 37.6 Å². The molecule has 2 saturated heterocycles. The SMILES string of the molecule is CC(C)c1nc(C2CC3(CCN(S(=O)(=O)c4ccc(F)c(F)c4)CC3)CN2C)no1. The highest BCUT2D eigenvalue weighted by Crippen LogP contribution is 2.48. The van der Waals surface area contributed by atoms with Crippen molar-refractivity contribution >= 4 is 10.0 Å². The Morgan fingerprint density at radius 2 is 1.90 bits per heavy atom. The number of hydrogen-bond donors (Lipinski definition) is 0. The molecule has 0 saturated carbocycles. The van der Waals surface area contributed by atoms with Gasteiger partial charge in [-0.15, -0.1) is 0 Å². The average molecular weight is 441 g/mol. The Bertz CT molecular complexity index is 1030. The van der Waals surface area contributed by atoms with Gasteiger partial charge in [0.05, 0.1) is 10.9 Å². The molecule has 164 valence electrons. The summed E-state index contributed by atoms with van der Waals surface area (Å²) in [5.41, 5.74) is -0.0297. The van der Waals surface area contributed by atoms with Crippen LogP contribution in [0.1, 0.15) is 56.8 Å². The molecular formula is C20H26F2N4O3S. The van der Waals surface area contributed by atoms with E-state index in [2.05, 4.69) is 15.0 Å². The van der Waals surface area contributed by atoms with Gasteiger partial charge in [0.25, 0.3) is 0 Å². The lowest BCUT2D eigenvalue weighted by Crippen LogP contribution is -2.44. The number of aromatic nitrogens is 2. The summed E-state index contributed by atoms with van der Waals surface area (Å²) in [6.45, 7) is 5.50. The Morgan fingerprint density at radius 1 is 1.20 bits per heavy atom. The Balaban J connectivity index is 1.46. The second-order valence-corrected chi connectivity index (χ2v) is 10.7. The highest BCUT2D eigenvalue weighted by atomic mass is 32.2. The molecule has 30 heavy (non-hydrogen) atoms. The van der Waals surface area contributed by atoms with Gasteiger partial charge in [0.15, 0.2) is 17.5 Å². The number of nitrogens with zero attached hydrogens (tertiary/aromatic N) is 4. The molecule has 0 amide bonds. The highest BCUT2D eigenvalue weighted by Gasteiger charge is 2.47. The van der Waals surface area contributed by atoms with Crippen molar-refractivity contribution in [3.63, 3.8) is 0 Å². The first kappa shape index (κ1) is 21.3. The summed E-state index contributed by atoms with van der Waals surface area (Å²) in [7, 11) is -1.84. The number of rotatable bonds is 4. The molecule has 7 nitrogen and oxygen atoms in total. The number of sulfonamides is 1. The third-order valence-corrected chi connectivity index (χ3v) is 8.20. The van der Waals surface area contributed by atoms with Crippen LogP contribution in [-0.4, -0.2) is 54.4 Å². The maximum atomic E-state index is 13.5. The summed E-state index contributed by atoms with van der Waals surface area (Å²) in [5.74, 6) is -0.766. The van der Waals surface area contributed by atoms with Crippen LogP contribution in [0.25, 0.3) is 0 Å². The summed E-state index contributed by atoms with van der Waals surface area (Å²) in [5, 5.41) is 4.16. The molecule has 1 aromatic carbocycles. The third-order valence-electron chi connectivity index (χ3n) is 6.30. The summed E-state index contributed by atoms with van der Waals surface area (Å²) >= 11 is 0. The standard InChI is InChI=1S/C20H26F2N4O3S/c1-13(2)19-23-18(24-29-19)17-11-20(12-25(17)3)6-8-26(9-7-20)30(27,28)14-4-5-15(21)16(22)10-14/h4-5,10,13,17H,6-9,11-12H2,1-3H3. The van der Waals surface area contributed by atoms with Crippen molar-refractivity contribution in [2.45, 2.75) is 50.0 Å². The van der Waals surface area contributed by atoms with Crippen LogP contribution in [-0.2, 0) is 10.0 Å². The third kappa shape index (κ3) is 3.76. The van der Waals surface area contributed by atoms with Crippen LogP contribution in [0.2, 0.25) is 0 Å². The van der Waals surface area contributed by atoms with Gasteiger partial charge in [-0.25, -0.2) is 17.2 Å². The lowest BCUT2D eigenvalue weighted by atomic mass is 9.77. The molecule has 3 heterocycles. The predicted molar refractivity (Wildman–Crippen MR) is 105 cm³/mol. The van der Waals surface area contributed by atoms with Crippen LogP contribution >= 0.6 is 0 Å². The van der Waals surface area contributed by atoms with Crippen molar-refractivity contribution < 1.29 is 21.7 Å². The maximum Gasteiger partial charge on any atom is 0.243 e. The molecule has 2 fully saturated rings. The van der Waals surface area contributed by atoms with Gasteiger partial charge in [-0.1, -0.05) is 19.0 Å². The summed E-state index contributed by atoms with van der Waals surface area (Å²) in [6, 6.07) is 2.74. The van der Waals surface area contributed by atoms with Crippen molar-refractivity contribution in [2.24, 2.45) is 5.41 Å². The van der Waals surface area contributed by atoms with Crippen LogP contribution < -0.4 is 0 Å². The smallest absolute Gasteiger partial charge is 0.243 e. The first-order valence-electron chi connectivity index (χ1n) is 10.1. The van der Waals surface area contributed by atoms with Crippen molar-refractivity contribution in [1.29, 1.82) is 0 Å². The first-order valence-corrected chi connectivity index (χ1v) is 11.5. The molecule has 1 spiro atoms. The van der Waals surface area contributed by atoms with Gasteiger partial charge < -0.3 is 4.52 Å². The molecule has 4 rings (SSSR count). The number of hydrogen-bond acceptors (Lipinski definition) is 6. The van der Waals surface area contributed by atoms with E-state index in [9.17, 15) is 17.2 Å². The van der Waals surface area contributed by atoms with E-state index in [1.807, 2.05) is 20.9 Å². The highest BCUT2D eigenvalue weighted by molar-refractivity contribution is 7.89. The maximum absolute atomic E-state index is 13.5. The molecule has 1 atom stereocenters. The quantitative estimate of drug-likeness (QED) is 0.726. The number of benzene rings is 1. The van der Waals surface area contributed by atoms with E-state index < -0.39 is 21.7 Å². The molecule has 10 heteroatoms. The number of piperidine rings is 1. The molecule has 0 aliphatic carbocycles. The second kappa shape index (κ2) is 7.65. The Hall–Kier alpha value is -1.91. The molecule has 2 aliphatic rings. The van der Waals surface area contributed by atoms with Gasteiger partial charge in [0, 0.05) is 25.6 Å². The molecular weight excluding hydrogens is 414 g/mol. The van der Waals surface area contributed by atoms with Gasteiger partial charge in [0.1, 0.15) is 0 Å². The van der Waals surface area contributed by atoms with Crippen LogP contribution in [0.15, 0.2) is 27.6 Å². The summed E-state index contributed by atoms with van der Waals surface area (Å²) in [4.78, 5) is 6.52. The van der Waals surface area contributed by atoms with Gasteiger partial charge in [-0.2, -0.15) is 9.29 Å². The normalized spacial score (nSPS) is 22.9. The number of likely N-dealkylation sites (tertiary alicyclic amines) is 1. The van der Waals surface area contributed by atoms with E-state index in [-0.39, 0.29) is 22.3 Å². The van der Waals surface area contributed by atoms with E-state index in [1.54, 1.807) is 0 Å². The fourth-order valence-corrected chi connectivity index (χ4v) is 5.98. The Kier molecular flexibility index (Phi) is 5.44. The van der Waals surface area contributed by atoms with Crippen LogP contribution in [0.3, 0.4) is 0 Å². The van der Waals surface area contributed by atoms with Gasteiger partial charge in [0.2, 0.25) is 15.9 Å². The first-order chi connectivity index (χ1) is 14.1. The molecule has 0 radical (unpaired) electrons. The predicted octanol–water partition coefficient (Wildman–Crippen LogP) is 3.32. The zero-order chi connectivity index (χ0) is 21.7. The van der Waals surface area contributed by atoms with Crippen LogP contribution in [0.4, 0.5) is 8.78 Å². The van der Waals surface area contributed by atoms with Crippen molar-refractivity contribution in [2.75, 3.05) is 26.7 Å². The summed E-state index contributed by atoms with van der Waals surface area (Å²) in [6.07, 6.45) is 2.21. The van der Waals surface area contributed by atoms with Gasteiger partial charge in [-0.3, -0.25) is 4.90 Å². The fourth-order valence-electron chi connectivity index (χ4n) is 4.52. The van der Waals surface area contributed by atoms with Crippen molar-refractivity contribution in [3.8, 4) is 0 Å². The van der Waals surface area contributed by atoms with E-state index >= 15 is 0 Å². The average Bonchev–Trinajstić information content (AvgIpc) is 3.29. The lowest BCUT2D eigenvalue weighted by Gasteiger charge is -2.38. The van der Waals surface area contributed by atoms with Crippen molar-refractivity contribution in [1.82, 2.24) is 19.3 Å². The molecule has 2 aromatic rings. The minimum Gasteiger partial charge on any atom is -0.339 e. The van der Waals surface area contributed by atoms with Crippen LogP contribution in [0, 0.1) is 17.0 Å². The molecule has 1 unspecified atom stereocenters. The Morgan fingerprint density at radius 3 is 2.50 bits per heavy atom. The topological polar surface area (TPSA) is 79.5 Å². The van der Waals surface area contributed by atoms with Crippen LogP contribution in [0.5, 0.6) is 0 Å². The molecule has 0 bridgehead atoms. The molecule has 1 aromatic heterocycles. The van der Waals surface area contributed by atoms with Gasteiger partial charge >= 0.3 is 0 Å². The monoisotopic (exact) mass is 440 g/mol. The molecule has 0 N–H and O–H groups in total. The summed E-state index contributed by atoms with van der Waals surface area (Å²) < 4.78 is 59.2. The Labute approximate surface area is 175 Å². The largest absolute Gasteiger partial charge is 0.339 e. The van der Waals surface area contributed by atoms with E-state index in [4.69, 9.17) is 4.52 Å². The number of halogens is 2. The second-order valence-electron chi connectivity index (χ2n) is 8.76. The lowest BCUT2D eigenvalue weighted by molar-refractivity contribution is 0.161. The minimum absolute atomic E-state index is 0.0297.